The molecule has 1 aliphatic heterocycles. The third kappa shape index (κ3) is 5.74. The van der Waals surface area contributed by atoms with Crippen LogP contribution in [0.1, 0.15) is 32.1 Å². The summed E-state index contributed by atoms with van der Waals surface area (Å²) in [4.78, 5) is 23.4. The highest BCUT2D eigenvalue weighted by atomic mass is 35.5. The highest BCUT2D eigenvalue weighted by Crippen LogP contribution is 2.29. The number of ether oxygens (including phenoxy) is 2. The lowest BCUT2D eigenvalue weighted by Crippen LogP contribution is -2.41. The van der Waals surface area contributed by atoms with Crippen molar-refractivity contribution in [1.82, 2.24) is 5.32 Å². The van der Waals surface area contributed by atoms with Crippen LogP contribution in [0.25, 0.3) is 0 Å². The summed E-state index contributed by atoms with van der Waals surface area (Å²) in [6.07, 6.45) is 3.44. The predicted octanol–water partition coefficient (Wildman–Crippen LogP) is 3.52. The number of carbonyl (C=O) groups excluding carboxylic acids is 1. The number of carboxylic acid groups (broad SMARTS) is 1. The fraction of sp³-hybridized carbons (Fsp3) is 0.579. The Morgan fingerprint density at radius 1 is 1.22 bits per heavy atom. The molecule has 1 aliphatic carbocycles. The molecule has 0 bridgehead atoms. The molecule has 1 atom stereocenters. The molecule has 0 spiro atoms. The van der Waals surface area contributed by atoms with Crippen LogP contribution >= 0.6 is 11.6 Å². The van der Waals surface area contributed by atoms with Gasteiger partial charge in [-0.25, -0.2) is 4.79 Å². The average molecular weight is 397 g/mol. The van der Waals surface area contributed by atoms with Crippen LogP contribution < -0.4 is 15.4 Å². The topological polar surface area (TPSA) is 96.9 Å². The van der Waals surface area contributed by atoms with Gasteiger partial charge < -0.3 is 25.2 Å². The van der Waals surface area contributed by atoms with Gasteiger partial charge in [0.2, 0.25) is 0 Å². The molecule has 2 fully saturated rings. The van der Waals surface area contributed by atoms with E-state index in [0.717, 1.165) is 13.0 Å². The van der Waals surface area contributed by atoms with Crippen molar-refractivity contribution in [3.05, 3.63) is 23.2 Å². The summed E-state index contributed by atoms with van der Waals surface area (Å²) in [6, 6.07) is 4.75. The van der Waals surface area contributed by atoms with Gasteiger partial charge in [-0.05, 0) is 50.3 Å². The number of benzene rings is 1. The largest absolute Gasteiger partial charge is 0.491 e. The Labute approximate surface area is 163 Å². The number of carboxylic acids is 1. The highest BCUT2D eigenvalue weighted by molar-refractivity contribution is 6.31. The second-order valence-electron chi connectivity index (χ2n) is 7.17. The Morgan fingerprint density at radius 2 is 2.00 bits per heavy atom. The third-order valence-corrected chi connectivity index (χ3v) is 5.34. The SMILES string of the molecule is O=C(Nc1cc(Cl)ccc1OCC1CCOC1)NC1CCC(C(=O)O)CC1. The molecule has 7 nitrogen and oxygen atoms in total. The van der Waals surface area contributed by atoms with Crippen molar-refractivity contribution >= 4 is 29.3 Å². The zero-order valence-electron chi connectivity index (χ0n) is 15.1. The van der Waals surface area contributed by atoms with E-state index in [0.29, 0.717) is 61.3 Å². The number of anilines is 1. The maximum atomic E-state index is 12.4. The molecule has 1 unspecified atom stereocenters. The van der Waals surface area contributed by atoms with Crippen molar-refractivity contribution in [1.29, 1.82) is 0 Å². The van der Waals surface area contributed by atoms with Crippen molar-refractivity contribution in [2.45, 2.75) is 38.1 Å². The molecule has 3 rings (SSSR count). The maximum Gasteiger partial charge on any atom is 0.319 e. The maximum absolute atomic E-state index is 12.4. The van der Waals surface area contributed by atoms with Gasteiger partial charge in [0, 0.05) is 23.6 Å². The molecule has 1 aromatic carbocycles. The van der Waals surface area contributed by atoms with Gasteiger partial charge in [0.1, 0.15) is 5.75 Å². The monoisotopic (exact) mass is 396 g/mol. The van der Waals surface area contributed by atoms with E-state index >= 15 is 0 Å². The lowest BCUT2D eigenvalue weighted by molar-refractivity contribution is -0.142. The second kappa shape index (κ2) is 9.28. The van der Waals surface area contributed by atoms with Gasteiger partial charge in [-0.15, -0.1) is 0 Å². The van der Waals surface area contributed by atoms with Crippen molar-refractivity contribution in [2.75, 3.05) is 25.1 Å². The second-order valence-corrected chi connectivity index (χ2v) is 7.60. The summed E-state index contributed by atoms with van der Waals surface area (Å²) in [5, 5.41) is 15.3. The minimum atomic E-state index is -0.758. The van der Waals surface area contributed by atoms with Crippen molar-refractivity contribution in [3.63, 3.8) is 0 Å². The number of rotatable bonds is 6. The Kier molecular flexibility index (Phi) is 6.79. The molecule has 0 radical (unpaired) electrons. The van der Waals surface area contributed by atoms with Gasteiger partial charge in [0.05, 0.1) is 24.8 Å². The van der Waals surface area contributed by atoms with Gasteiger partial charge in [0.15, 0.2) is 0 Å². The van der Waals surface area contributed by atoms with Crippen molar-refractivity contribution in [2.24, 2.45) is 11.8 Å². The standard InChI is InChI=1S/C19H25ClN2O5/c20-14-3-6-17(27-11-12-7-8-26-10-12)16(9-14)22-19(25)21-15-4-1-13(2-5-15)18(23)24/h3,6,9,12-13,15H,1-2,4-5,7-8,10-11H2,(H,23,24)(H2,21,22,25). The number of carbonyl (C=O) groups is 2. The zero-order valence-corrected chi connectivity index (χ0v) is 15.8. The quantitative estimate of drug-likeness (QED) is 0.683. The number of halogens is 1. The van der Waals surface area contributed by atoms with E-state index in [1.165, 1.54) is 0 Å². The molecule has 1 saturated heterocycles. The summed E-state index contributed by atoms with van der Waals surface area (Å²) in [7, 11) is 0. The molecule has 2 amide bonds. The van der Waals surface area contributed by atoms with Crippen molar-refractivity contribution in [3.8, 4) is 5.75 Å². The number of hydrogen-bond donors (Lipinski definition) is 3. The van der Waals surface area contributed by atoms with Crippen molar-refractivity contribution < 1.29 is 24.2 Å². The first kappa shape index (κ1) is 19.8. The van der Waals surface area contributed by atoms with Gasteiger partial charge in [0.25, 0.3) is 0 Å². The number of aliphatic carboxylic acids is 1. The first-order valence-corrected chi connectivity index (χ1v) is 9.69. The van der Waals surface area contributed by atoms with E-state index in [1.807, 2.05) is 0 Å². The number of amides is 2. The van der Waals surface area contributed by atoms with Crippen LogP contribution in [-0.2, 0) is 9.53 Å². The minimum Gasteiger partial charge on any atom is -0.491 e. The molecule has 148 valence electrons. The number of hydrogen-bond acceptors (Lipinski definition) is 4. The molecule has 1 saturated carbocycles. The zero-order chi connectivity index (χ0) is 19.2. The third-order valence-electron chi connectivity index (χ3n) is 5.10. The van der Waals surface area contributed by atoms with E-state index in [4.69, 9.17) is 26.2 Å². The number of urea groups is 1. The Hall–Kier alpha value is -1.99. The summed E-state index contributed by atoms with van der Waals surface area (Å²) in [6.45, 7) is 1.97. The molecule has 1 aromatic rings. The average Bonchev–Trinajstić information content (AvgIpc) is 3.15. The fourth-order valence-corrected chi connectivity index (χ4v) is 3.65. The van der Waals surface area contributed by atoms with E-state index < -0.39 is 5.97 Å². The fourth-order valence-electron chi connectivity index (χ4n) is 3.48. The summed E-state index contributed by atoms with van der Waals surface area (Å²) in [5.41, 5.74) is 0.512. The molecule has 27 heavy (non-hydrogen) atoms. The molecule has 0 aromatic heterocycles. The van der Waals surface area contributed by atoms with Crippen LogP contribution in [0.3, 0.4) is 0 Å². The van der Waals surface area contributed by atoms with E-state index in [2.05, 4.69) is 10.6 Å². The number of nitrogens with one attached hydrogen (secondary N) is 2. The van der Waals surface area contributed by atoms with Crippen LogP contribution in [0.5, 0.6) is 5.75 Å². The first-order chi connectivity index (χ1) is 13.0. The summed E-state index contributed by atoms with van der Waals surface area (Å²) >= 11 is 6.06. The van der Waals surface area contributed by atoms with Gasteiger partial charge in [-0.1, -0.05) is 11.6 Å². The minimum absolute atomic E-state index is 0.0280. The molecule has 2 aliphatic rings. The van der Waals surface area contributed by atoms with Crippen LogP contribution in [0.2, 0.25) is 5.02 Å². The lowest BCUT2D eigenvalue weighted by Gasteiger charge is -2.27. The van der Waals surface area contributed by atoms with Gasteiger partial charge in [-0.2, -0.15) is 0 Å². The van der Waals surface area contributed by atoms with Gasteiger partial charge >= 0.3 is 12.0 Å². The normalized spacial score (nSPS) is 25.0. The van der Waals surface area contributed by atoms with Crippen LogP contribution in [0, 0.1) is 11.8 Å². The van der Waals surface area contributed by atoms with E-state index in [1.54, 1.807) is 18.2 Å². The predicted molar refractivity (Wildman–Crippen MR) is 101 cm³/mol. The molecule has 1 heterocycles. The van der Waals surface area contributed by atoms with Gasteiger partial charge in [-0.3, -0.25) is 4.79 Å². The highest BCUT2D eigenvalue weighted by Gasteiger charge is 2.27. The van der Waals surface area contributed by atoms with E-state index in [-0.39, 0.29) is 18.0 Å². The Bertz CT molecular complexity index is 670. The lowest BCUT2D eigenvalue weighted by atomic mass is 9.86. The van der Waals surface area contributed by atoms with Crippen LogP contribution in [0.15, 0.2) is 18.2 Å². The Balaban J connectivity index is 1.53. The molecular weight excluding hydrogens is 372 g/mol. The molecule has 8 heteroatoms. The first-order valence-electron chi connectivity index (χ1n) is 9.31. The Morgan fingerprint density at radius 3 is 2.67 bits per heavy atom. The van der Waals surface area contributed by atoms with Crippen LogP contribution in [-0.4, -0.2) is 43.0 Å². The summed E-state index contributed by atoms with van der Waals surface area (Å²) < 4.78 is 11.2. The van der Waals surface area contributed by atoms with E-state index in [9.17, 15) is 9.59 Å². The van der Waals surface area contributed by atoms with Crippen LogP contribution in [0.4, 0.5) is 10.5 Å². The molecular formula is C19H25ClN2O5. The molecule has 3 N–H and O–H groups in total. The smallest absolute Gasteiger partial charge is 0.319 e. The summed E-state index contributed by atoms with van der Waals surface area (Å²) in [5.74, 6) is -0.146.